The van der Waals surface area contributed by atoms with E-state index < -0.39 is 25.4 Å². The molecule has 106 valence electrons. The van der Waals surface area contributed by atoms with Crippen LogP contribution < -0.4 is 11.1 Å². The zero-order valence-corrected chi connectivity index (χ0v) is 10.3. The Labute approximate surface area is 110 Å². The van der Waals surface area contributed by atoms with Gasteiger partial charge in [0.25, 0.3) is 0 Å². The van der Waals surface area contributed by atoms with E-state index in [2.05, 4.69) is 15.5 Å². The van der Waals surface area contributed by atoms with E-state index in [1.54, 1.807) is 12.1 Å². The number of oxime groups is 1. The van der Waals surface area contributed by atoms with Gasteiger partial charge in [-0.25, -0.2) is 0 Å². The Hall–Kier alpha value is -1.74. The van der Waals surface area contributed by atoms with Gasteiger partial charge in [-0.05, 0) is 17.7 Å². The van der Waals surface area contributed by atoms with Gasteiger partial charge in [-0.3, -0.25) is 4.98 Å². The Bertz CT molecular complexity index is 426. The molecular weight excluding hydrogens is 252 g/mol. The van der Waals surface area contributed by atoms with E-state index in [0.29, 0.717) is 5.69 Å². The average Bonchev–Trinajstić information content (AvgIpc) is 2.48. The van der Waals surface area contributed by atoms with Crippen molar-refractivity contribution < 1.29 is 20.5 Å². The number of nitrogens with two attached hydrogens (primary N) is 1. The van der Waals surface area contributed by atoms with Crippen LogP contribution in [0.4, 0.5) is 0 Å². The van der Waals surface area contributed by atoms with Crippen LogP contribution in [0.25, 0.3) is 0 Å². The minimum atomic E-state index is -1.15. The third-order valence-corrected chi connectivity index (χ3v) is 2.77. The summed E-state index contributed by atoms with van der Waals surface area (Å²) in [5.74, 6) is -0.111. The van der Waals surface area contributed by atoms with Crippen LogP contribution >= 0.6 is 0 Å². The lowest BCUT2D eigenvalue weighted by Gasteiger charge is -2.28. The van der Waals surface area contributed by atoms with Gasteiger partial charge in [0.2, 0.25) is 0 Å². The third kappa shape index (κ3) is 3.86. The molecule has 0 aliphatic carbocycles. The fourth-order valence-corrected chi connectivity index (χ4v) is 1.38. The number of amidine groups is 1. The zero-order chi connectivity index (χ0) is 14.3. The molecule has 0 atom stereocenters. The van der Waals surface area contributed by atoms with E-state index in [9.17, 15) is 0 Å². The Balaban J connectivity index is 2.78. The molecule has 0 unspecified atom stereocenters. The van der Waals surface area contributed by atoms with Crippen molar-refractivity contribution in [2.75, 3.05) is 19.8 Å². The van der Waals surface area contributed by atoms with Gasteiger partial charge in [0.1, 0.15) is 5.69 Å². The summed E-state index contributed by atoms with van der Waals surface area (Å²) in [5.41, 5.74) is 5.32. The Morgan fingerprint density at radius 3 is 2.47 bits per heavy atom. The highest BCUT2D eigenvalue weighted by atomic mass is 16.4. The molecule has 1 aromatic rings. The van der Waals surface area contributed by atoms with Gasteiger partial charge in [-0.15, -0.1) is 0 Å². The van der Waals surface area contributed by atoms with Gasteiger partial charge in [0.15, 0.2) is 5.84 Å². The first-order chi connectivity index (χ1) is 9.10. The number of rotatable bonds is 7. The highest BCUT2D eigenvalue weighted by molar-refractivity contribution is 5.95. The molecule has 0 aliphatic rings. The number of nitrogens with zero attached hydrogens (tertiary/aromatic N) is 2. The lowest BCUT2D eigenvalue weighted by Crippen LogP contribution is -2.54. The summed E-state index contributed by atoms with van der Waals surface area (Å²) >= 11 is 0. The molecule has 0 amide bonds. The highest BCUT2D eigenvalue weighted by Gasteiger charge is 2.27. The highest BCUT2D eigenvalue weighted by Crippen LogP contribution is 2.06. The van der Waals surface area contributed by atoms with Crippen molar-refractivity contribution in [2.45, 2.75) is 12.1 Å². The molecule has 1 aromatic heterocycles. The van der Waals surface area contributed by atoms with Crippen molar-refractivity contribution in [3.63, 3.8) is 0 Å². The normalized spacial score (nSPS) is 12.7. The minimum Gasteiger partial charge on any atom is -0.409 e. The first-order valence-electron chi connectivity index (χ1n) is 5.61. The zero-order valence-electron chi connectivity index (χ0n) is 10.3. The summed E-state index contributed by atoms with van der Waals surface area (Å²) in [5, 5.41) is 41.8. The van der Waals surface area contributed by atoms with Crippen LogP contribution in [0.5, 0.6) is 0 Å². The fraction of sp³-hybridized carbons (Fsp3) is 0.455. The smallest absolute Gasteiger partial charge is 0.188 e. The third-order valence-electron chi connectivity index (χ3n) is 2.77. The molecule has 0 fully saturated rings. The molecule has 0 aromatic carbocycles. The first-order valence-corrected chi connectivity index (χ1v) is 5.61. The number of hydrogen-bond acceptors (Lipinski definition) is 7. The van der Waals surface area contributed by atoms with Crippen molar-refractivity contribution in [2.24, 2.45) is 10.9 Å². The largest absolute Gasteiger partial charge is 0.409 e. The van der Waals surface area contributed by atoms with E-state index in [1.165, 1.54) is 6.20 Å². The van der Waals surface area contributed by atoms with Crippen molar-refractivity contribution in [1.82, 2.24) is 10.3 Å². The van der Waals surface area contributed by atoms with E-state index in [0.717, 1.165) is 5.56 Å². The van der Waals surface area contributed by atoms with Crippen LogP contribution in [0.15, 0.2) is 23.5 Å². The van der Waals surface area contributed by atoms with E-state index in [1.807, 2.05) is 0 Å². The summed E-state index contributed by atoms with van der Waals surface area (Å²) < 4.78 is 0. The maximum absolute atomic E-state index is 9.17. The van der Waals surface area contributed by atoms with Crippen molar-refractivity contribution >= 4 is 5.84 Å². The lowest BCUT2D eigenvalue weighted by atomic mass is 10.0. The van der Waals surface area contributed by atoms with Crippen LogP contribution in [0.1, 0.15) is 11.3 Å². The van der Waals surface area contributed by atoms with E-state index in [4.69, 9.17) is 26.3 Å². The van der Waals surface area contributed by atoms with Crippen LogP contribution in [0.3, 0.4) is 0 Å². The second-order valence-electron chi connectivity index (χ2n) is 4.14. The van der Waals surface area contributed by atoms with Crippen molar-refractivity contribution in [3.8, 4) is 0 Å². The Kier molecular flexibility index (Phi) is 5.64. The summed E-state index contributed by atoms with van der Waals surface area (Å²) in [6.07, 6.45) is 1.49. The summed E-state index contributed by atoms with van der Waals surface area (Å²) in [4.78, 5) is 3.92. The number of hydrogen-bond donors (Lipinski definition) is 6. The van der Waals surface area contributed by atoms with Gasteiger partial charge < -0.3 is 31.6 Å². The van der Waals surface area contributed by atoms with Crippen LogP contribution in [-0.2, 0) is 6.54 Å². The molecule has 0 spiro atoms. The number of aliphatic hydroxyl groups is 3. The molecule has 8 heteroatoms. The van der Waals surface area contributed by atoms with Crippen molar-refractivity contribution in [3.05, 3.63) is 29.6 Å². The van der Waals surface area contributed by atoms with Gasteiger partial charge in [0.05, 0.1) is 25.4 Å². The van der Waals surface area contributed by atoms with Crippen LogP contribution in [0.2, 0.25) is 0 Å². The lowest BCUT2D eigenvalue weighted by molar-refractivity contribution is 0.0414. The molecule has 0 saturated heterocycles. The molecule has 0 radical (unpaired) electrons. The molecule has 8 nitrogen and oxygen atoms in total. The molecule has 0 saturated carbocycles. The molecular formula is C11H18N4O4. The molecule has 0 bridgehead atoms. The van der Waals surface area contributed by atoms with Gasteiger partial charge in [0, 0.05) is 12.7 Å². The topological polar surface area (TPSA) is 144 Å². The first kappa shape index (κ1) is 15.3. The van der Waals surface area contributed by atoms with E-state index in [-0.39, 0.29) is 12.4 Å². The number of aromatic nitrogens is 1. The predicted molar refractivity (Wildman–Crippen MR) is 67.6 cm³/mol. The Morgan fingerprint density at radius 1 is 1.32 bits per heavy atom. The van der Waals surface area contributed by atoms with Crippen molar-refractivity contribution in [1.29, 1.82) is 0 Å². The predicted octanol–water partition coefficient (Wildman–Crippen LogP) is -2.02. The summed E-state index contributed by atoms with van der Waals surface area (Å²) in [6, 6.07) is 3.29. The second kappa shape index (κ2) is 7.00. The maximum atomic E-state index is 9.17. The summed E-state index contributed by atoms with van der Waals surface area (Å²) in [6.45, 7) is -0.940. The molecule has 1 rings (SSSR count). The SMILES string of the molecule is N/C(=N/O)c1cc(CNC(CO)(CO)CO)ccn1. The molecule has 1 heterocycles. The quantitative estimate of drug-likeness (QED) is 0.145. The van der Waals surface area contributed by atoms with Gasteiger partial charge >= 0.3 is 0 Å². The van der Waals surface area contributed by atoms with Crippen LogP contribution in [0, 0.1) is 0 Å². The average molecular weight is 270 g/mol. The van der Waals surface area contributed by atoms with Gasteiger partial charge in [-0.2, -0.15) is 0 Å². The monoisotopic (exact) mass is 270 g/mol. The number of pyridine rings is 1. The van der Waals surface area contributed by atoms with Crippen LogP contribution in [-0.4, -0.2) is 56.7 Å². The molecule has 7 N–H and O–H groups in total. The van der Waals surface area contributed by atoms with E-state index >= 15 is 0 Å². The van der Waals surface area contributed by atoms with Gasteiger partial charge in [-0.1, -0.05) is 5.16 Å². The fourth-order valence-electron chi connectivity index (χ4n) is 1.38. The minimum absolute atomic E-state index is 0.111. The summed E-state index contributed by atoms with van der Waals surface area (Å²) in [7, 11) is 0. The number of nitrogens with one attached hydrogen (secondary N) is 1. The molecule has 0 aliphatic heterocycles. The standard InChI is InChI=1S/C11H18N4O4/c12-10(15-19)9-3-8(1-2-13-9)4-14-11(5-16,6-17)7-18/h1-3,14,16-19H,4-7H2,(H2,12,15). The molecule has 19 heavy (non-hydrogen) atoms. The maximum Gasteiger partial charge on any atom is 0.188 e. The number of aliphatic hydroxyl groups excluding tert-OH is 3. The Morgan fingerprint density at radius 2 is 1.95 bits per heavy atom. The second-order valence-corrected chi connectivity index (χ2v) is 4.14.